The summed E-state index contributed by atoms with van der Waals surface area (Å²) in [6, 6.07) is 6.93. The Bertz CT molecular complexity index is 843. The molecule has 6 nitrogen and oxygen atoms in total. The first kappa shape index (κ1) is 22.9. The Labute approximate surface area is 172 Å². The summed E-state index contributed by atoms with van der Waals surface area (Å²) in [7, 11) is 3.82. The molecular weight excluding hydrogens is 371 g/mol. The predicted octanol–water partition coefficient (Wildman–Crippen LogP) is 3.06. The van der Waals surface area contributed by atoms with Gasteiger partial charge >= 0.3 is 0 Å². The molecule has 0 aliphatic rings. The summed E-state index contributed by atoms with van der Waals surface area (Å²) < 4.78 is 19.5. The number of nitrogens with one attached hydrogen (secondary N) is 2. The Morgan fingerprint density at radius 3 is 2.55 bits per heavy atom. The van der Waals surface area contributed by atoms with Gasteiger partial charge in [-0.3, -0.25) is 0 Å². The smallest absolute Gasteiger partial charge is 0.191 e. The minimum Gasteiger partial charge on any atom is -0.466 e. The van der Waals surface area contributed by atoms with Gasteiger partial charge in [0, 0.05) is 24.2 Å². The summed E-state index contributed by atoms with van der Waals surface area (Å²) in [5.41, 5.74) is 1.22. The van der Waals surface area contributed by atoms with Crippen LogP contribution in [0.1, 0.15) is 42.1 Å². The number of hydrogen-bond donors (Lipinski definition) is 3. The minimum absolute atomic E-state index is 0.210. The van der Waals surface area contributed by atoms with Crippen LogP contribution in [0.5, 0.6) is 0 Å². The van der Waals surface area contributed by atoms with Gasteiger partial charge < -0.3 is 25.1 Å². The number of halogens is 1. The molecule has 0 bridgehead atoms. The fourth-order valence-corrected chi connectivity index (χ4v) is 3.22. The number of guanidine groups is 1. The molecule has 0 saturated heterocycles. The fourth-order valence-electron chi connectivity index (χ4n) is 3.22. The highest BCUT2D eigenvalue weighted by atomic mass is 19.1. The minimum atomic E-state index is -1.10. The van der Waals surface area contributed by atoms with Crippen molar-refractivity contribution < 1.29 is 13.9 Å². The van der Waals surface area contributed by atoms with E-state index in [1.54, 1.807) is 13.0 Å². The molecule has 29 heavy (non-hydrogen) atoms. The lowest BCUT2D eigenvalue weighted by Crippen LogP contribution is -2.44. The van der Waals surface area contributed by atoms with Crippen molar-refractivity contribution in [2.24, 2.45) is 4.99 Å². The zero-order valence-electron chi connectivity index (χ0n) is 18.3. The standard InChI is InChI=1S/C22H33FN4O2/c1-7-24-21(26-14-22(4,28)19-10-15(2)29-16(19)3)25-12-17-8-9-20(23)18(11-17)13-27(5)6/h8-11,28H,7,12-14H2,1-6H3,(H2,24,25,26). The van der Waals surface area contributed by atoms with Crippen molar-refractivity contribution >= 4 is 5.96 Å². The molecule has 0 aliphatic carbocycles. The first-order valence-electron chi connectivity index (χ1n) is 9.86. The normalized spacial score (nSPS) is 14.2. The van der Waals surface area contributed by atoms with Crippen LogP contribution in [0.25, 0.3) is 0 Å². The van der Waals surface area contributed by atoms with Crippen LogP contribution >= 0.6 is 0 Å². The van der Waals surface area contributed by atoms with E-state index < -0.39 is 5.60 Å². The maximum Gasteiger partial charge on any atom is 0.191 e. The summed E-state index contributed by atoms with van der Waals surface area (Å²) >= 11 is 0. The van der Waals surface area contributed by atoms with Crippen LogP contribution in [0, 0.1) is 19.7 Å². The molecule has 0 fully saturated rings. The van der Waals surface area contributed by atoms with Gasteiger partial charge in [0.2, 0.25) is 0 Å². The lowest BCUT2D eigenvalue weighted by atomic mass is 9.96. The Morgan fingerprint density at radius 1 is 1.24 bits per heavy atom. The topological polar surface area (TPSA) is 73.0 Å². The van der Waals surface area contributed by atoms with Crippen molar-refractivity contribution in [2.45, 2.75) is 46.4 Å². The summed E-state index contributed by atoms with van der Waals surface area (Å²) in [6.45, 7) is 9.33. The lowest BCUT2D eigenvalue weighted by molar-refractivity contribution is 0.0601. The molecule has 7 heteroatoms. The van der Waals surface area contributed by atoms with Crippen LogP contribution in [0.4, 0.5) is 4.39 Å². The lowest BCUT2D eigenvalue weighted by Gasteiger charge is -2.24. The Kier molecular flexibility index (Phi) is 7.81. The molecule has 1 aromatic carbocycles. The maximum absolute atomic E-state index is 14.0. The van der Waals surface area contributed by atoms with Gasteiger partial charge in [0.1, 0.15) is 22.9 Å². The van der Waals surface area contributed by atoms with Gasteiger partial charge in [-0.2, -0.15) is 0 Å². The van der Waals surface area contributed by atoms with E-state index in [0.717, 1.165) is 16.9 Å². The summed E-state index contributed by atoms with van der Waals surface area (Å²) in [5, 5.41) is 17.2. The van der Waals surface area contributed by atoms with E-state index in [1.807, 2.05) is 51.9 Å². The quantitative estimate of drug-likeness (QED) is 0.466. The predicted molar refractivity (Wildman–Crippen MR) is 114 cm³/mol. The van der Waals surface area contributed by atoms with Crippen molar-refractivity contribution in [1.29, 1.82) is 0 Å². The number of benzene rings is 1. The van der Waals surface area contributed by atoms with Crippen molar-refractivity contribution in [1.82, 2.24) is 15.5 Å². The number of nitrogens with zero attached hydrogens (tertiary/aromatic N) is 2. The van der Waals surface area contributed by atoms with Crippen LogP contribution in [0.15, 0.2) is 33.7 Å². The second kappa shape index (κ2) is 9.89. The molecule has 3 N–H and O–H groups in total. The molecule has 1 aromatic heterocycles. The van der Waals surface area contributed by atoms with Crippen molar-refractivity contribution in [2.75, 3.05) is 27.2 Å². The number of aryl methyl sites for hydroxylation is 2. The third-order valence-electron chi connectivity index (χ3n) is 4.58. The van der Waals surface area contributed by atoms with E-state index in [-0.39, 0.29) is 12.4 Å². The monoisotopic (exact) mass is 404 g/mol. The van der Waals surface area contributed by atoms with E-state index in [4.69, 9.17) is 4.42 Å². The highest BCUT2D eigenvalue weighted by Crippen LogP contribution is 2.26. The summed E-state index contributed by atoms with van der Waals surface area (Å²) in [4.78, 5) is 6.51. The molecule has 0 amide bonds. The fraction of sp³-hybridized carbons (Fsp3) is 0.500. The molecule has 1 atom stereocenters. The molecule has 1 heterocycles. The van der Waals surface area contributed by atoms with Gasteiger partial charge in [-0.25, -0.2) is 9.38 Å². The highest BCUT2D eigenvalue weighted by Gasteiger charge is 2.27. The Balaban J connectivity index is 2.09. The summed E-state index contributed by atoms with van der Waals surface area (Å²) in [5.74, 6) is 1.85. The Morgan fingerprint density at radius 2 is 1.97 bits per heavy atom. The third kappa shape index (κ3) is 6.58. The molecule has 2 rings (SSSR count). The zero-order chi connectivity index (χ0) is 21.6. The largest absolute Gasteiger partial charge is 0.466 e. The molecular formula is C22H33FN4O2. The van der Waals surface area contributed by atoms with Crippen LogP contribution in [-0.2, 0) is 18.7 Å². The average molecular weight is 405 g/mol. The van der Waals surface area contributed by atoms with E-state index in [1.165, 1.54) is 6.07 Å². The molecule has 0 spiro atoms. The molecule has 0 saturated carbocycles. The van der Waals surface area contributed by atoms with Crippen LogP contribution in [0.2, 0.25) is 0 Å². The van der Waals surface area contributed by atoms with Crippen molar-refractivity contribution in [3.63, 3.8) is 0 Å². The Hall–Kier alpha value is -2.38. The van der Waals surface area contributed by atoms with E-state index >= 15 is 0 Å². The second-order valence-electron chi connectivity index (χ2n) is 7.81. The highest BCUT2D eigenvalue weighted by molar-refractivity contribution is 5.79. The zero-order valence-corrected chi connectivity index (χ0v) is 18.3. The second-order valence-corrected chi connectivity index (χ2v) is 7.81. The number of aliphatic imine (C=N–C) groups is 1. The van der Waals surface area contributed by atoms with Crippen LogP contribution in [0.3, 0.4) is 0 Å². The molecule has 160 valence electrons. The van der Waals surface area contributed by atoms with Crippen molar-refractivity contribution in [3.8, 4) is 0 Å². The van der Waals surface area contributed by atoms with Gasteiger partial charge in [0.15, 0.2) is 5.96 Å². The average Bonchev–Trinajstić information content (AvgIpc) is 2.98. The summed E-state index contributed by atoms with van der Waals surface area (Å²) in [6.07, 6.45) is 0. The maximum atomic E-state index is 14.0. The van der Waals surface area contributed by atoms with Crippen LogP contribution in [-0.4, -0.2) is 43.2 Å². The first-order valence-corrected chi connectivity index (χ1v) is 9.86. The van der Waals surface area contributed by atoms with Gasteiger partial charge in [-0.15, -0.1) is 0 Å². The molecule has 1 unspecified atom stereocenters. The number of aliphatic hydroxyl groups is 1. The van der Waals surface area contributed by atoms with Gasteiger partial charge in [-0.05, 0) is 65.6 Å². The number of furan rings is 1. The number of rotatable bonds is 8. The van der Waals surface area contributed by atoms with Crippen LogP contribution < -0.4 is 10.6 Å². The SMILES string of the molecule is CCNC(=NCc1ccc(F)c(CN(C)C)c1)NCC(C)(O)c1cc(C)oc1C. The van der Waals surface area contributed by atoms with Gasteiger partial charge in [0.05, 0.1) is 13.1 Å². The third-order valence-corrected chi connectivity index (χ3v) is 4.58. The van der Waals surface area contributed by atoms with E-state index in [9.17, 15) is 9.50 Å². The number of hydrogen-bond acceptors (Lipinski definition) is 4. The molecule has 2 aromatic rings. The van der Waals surface area contributed by atoms with E-state index in [2.05, 4.69) is 15.6 Å². The first-order chi connectivity index (χ1) is 13.6. The van der Waals surface area contributed by atoms with Crippen molar-refractivity contribution in [3.05, 3.63) is 58.3 Å². The van der Waals surface area contributed by atoms with Gasteiger partial charge in [0.25, 0.3) is 0 Å². The van der Waals surface area contributed by atoms with Gasteiger partial charge in [-0.1, -0.05) is 6.07 Å². The van der Waals surface area contributed by atoms with E-state index in [0.29, 0.717) is 36.9 Å². The molecule has 0 aliphatic heterocycles. The molecule has 0 radical (unpaired) electrons.